The summed E-state index contributed by atoms with van der Waals surface area (Å²) in [6, 6.07) is 1.65. The minimum absolute atomic E-state index is 0.256. The highest BCUT2D eigenvalue weighted by molar-refractivity contribution is 7.91. The van der Waals surface area contributed by atoms with E-state index < -0.39 is 59.4 Å². The van der Waals surface area contributed by atoms with E-state index in [1.165, 1.54) is 51.4 Å². The molecule has 1 aromatic rings. The third-order valence-corrected chi connectivity index (χ3v) is 11.2. The van der Waals surface area contributed by atoms with Gasteiger partial charge in [-0.2, -0.15) is 25.3 Å². The first-order valence-corrected chi connectivity index (χ1v) is 19.4. The summed E-state index contributed by atoms with van der Waals surface area (Å²) >= 11 is 0. The van der Waals surface area contributed by atoms with Gasteiger partial charge in [-0.1, -0.05) is 92.7 Å². The first kappa shape index (κ1) is 37.3. The highest BCUT2D eigenvalue weighted by atomic mass is 32.2. The Morgan fingerprint density at radius 3 is 1.55 bits per heavy atom. The van der Waals surface area contributed by atoms with E-state index in [0.717, 1.165) is 44.8 Å². The van der Waals surface area contributed by atoms with Crippen molar-refractivity contribution in [1.82, 2.24) is 4.90 Å². The van der Waals surface area contributed by atoms with Crippen molar-refractivity contribution in [2.24, 2.45) is 5.73 Å². The standard InChI is InChI=1S/C25H47N2O9PS3/c1-3-5-7-9-11-13-18-27(19-14-12-10-8-6-4-2)20-17-23(26)37-21-15-16-22(38(28,29)30)25(40(34,35)36)24(21)39(31,32)33/h15-16,23,37H,3-14,17-20,26H2,1-2H3,(H,28,29,30)(H,31,32,33)(H,34,35,36). The van der Waals surface area contributed by atoms with Gasteiger partial charge in [0.1, 0.15) is 14.7 Å². The minimum Gasteiger partial charge on any atom is -0.324 e. The van der Waals surface area contributed by atoms with Crippen LogP contribution in [0, 0.1) is 0 Å². The molecule has 0 fully saturated rings. The summed E-state index contributed by atoms with van der Waals surface area (Å²) in [5.74, 6) is -0.636. The van der Waals surface area contributed by atoms with Crippen molar-refractivity contribution in [2.45, 2.75) is 118 Å². The second-order valence-electron chi connectivity index (χ2n) is 10.1. The molecular formula is C25H47N2O9PS3. The third kappa shape index (κ3) is 14.0. The molecule has 15 heteroatoms. The molecule has 0 aliphatic heterocycles. The van der Waals surface area contributed by atoms with Crippen LogP contribution < -0.4 is 11.0 Å². The van der Waals surface area contributed by atoms with Crippen molar-refractivity contribution < 1.29 is 38.9 Å². The van der Waals surface area contributed by atoms with Gasteiger partial charge in [0.25, 0.3) is 30.4 Å². The normalized spacial score (nSPS) is 14.0. The van der Waals surface area contributed by atoms with Crippen molar-refractivity contribution in [3.63, 3.8) is 0 Å². The molecule has 0 saturated heterocycles. The van der Waals surface area contributed by atoms with E-state index >= 15 is 0 Å². The average Bonchev–Trinajstić information content (AvgIpc) is 2.83. The molecule has 0 aliphatic carbocycles. The lowest BCUT2D eigenvalue weighted by molar-refractivity contribution is 0.256. The van der Waals surface area contributed by atoms with Crippen molar-refractivity contribution in [3.8, 4) is 0 Å². The molecule has 40 heavy (non-hydrogen) atoms. The lowest BCUT2D eigenvalue weighted by Gasteiger charge is -2.24. The van der Waals surface area contributed by atoms with Gasteiger partial charge in [-0.3, -0.25) is 13.7 Å². The molecule has 0 heterocycles. The number of nitrogens with two attached hydrogens (primary N) is 1. The number of hydrogen-bond acceptors (Lipinski definition) is 8. The first-order valence-electron chi connectivity index (χ1n) is 14.0. The molecule has 1 rings (SSSR count). The highest BCUT2D eigenvalue weighted by Gasteiger charge is 2.35. The average molecular weight is 647 g/mol. The van der Waals surface area contributed by atoms with Gasteiger partial charge >= 0.3 is 0 Å². The molecule has 0 saturated carbocycles. The van der Waals surface area contributed by atoms with Crippen LogP contribution in [0.4, 0.5) is 0 Å². The summed E-state index contributed by atoms with van der Waals surface area (Å²) in [7, 11) is -16.6. The summed E-state index contributed by atoms with van der Waals surface area (Å²) in [5, 5.41) is -0.256. The van der Waals surface area contributed by atoms with Gasteiger partial charge in [0, 0.05) is 5.78 Å². The van der Waals surface area contributed by atoms with Crippen molar-refractivity contribution in [1.29, 1.82) is 0 Å². The fourth-order valence-electron chi connectivity index (χ4n) is 4.52. The second kappa shape index (κ2) is 18.1. The van der Waals surface area contributed by atoms with Gasteiger partial charge in [-0.05, 0) is 50.3 Å². The Morgan fingerprint density at radius 2 is 1.12 bits per heavy atom. The Hall–Kier alpha value is -0.700. The first-order chi connectivity index (χ1) is 18.6. The van der Waals surface area contributed by atoms with E-state index in [-0.39, 0.29) is 5.30 Å². The third-order valence-electron chi connectivity index (χ3n) is 6.62. The van der Waals surface area contributed by atoms with E-state index in [1.807, 2.05) is 0 Å². The predicted molar refractivity (Wildman–Crippen MR) is 160 cm³/mol. The fourth-order valence-corrected chi connectivity index (χ4v) is 9.55. The van der Waals surface area contributed by atoms with Gasteiger partial charge in [0.05, 0.1) is 0 Å². The Bertz CT molecular complexity index is 1210. The van der Waals surface area contributed by atoms with E-state index in [0.29, 0.717) is 19.0 Å². The maximum atomic E-state index is 12.1. The van der Waals surface area contributed by atoms with Crippen LogP contribution in [0.1, 0.15) is 97.3 Å². The molecule has 11 nitrogen and oxygen atoms in total. The summed E-state index contributed by atoms with van der Waals surface area (Å²) in [6.45, 7) is 6.80. The molecule has 0 amide bonds. The van der Waals surface area contributed by atoms with Gasteiger partial charge in [-0.25, -0.2) is 0 Å². The van der Waals surface area contributed by atoms with Gasteiger partial charge in [0.2, 0.25) is 0 Å². The zero-order valence-corrected chi connectivity index (χ0v) is 27.0. The van der Waals surface area contributed by atoms with E-state index in [2.05, 4.69) is 18.7 Å². The molecule has 0 radical (unpaired) electrons. The van der Waals surface area contributed by atoms with Gasteiger partial charge in [0.15, 0.2) is 0 Å². The molecule has 234 valence electrons. The molecule has 0 bridgehead atoms. The van der Waals surface area contributed by atoms with E-state index in [4.69, 9.17) is 5.73 Å². The topological polar surface area (TPSA) is 192 Å². The molecule has 0 spiro atoms. The van der Waals surface area contributed by atoms with Crippen molar-refractivity contribution in [2.75, 3.05) is 19.6 Å². The van der Waals surface area contributed by atoms with Crippen LogP contribution in [0.5, 0.6) is 0 Å². The monoisotopic (exact) mass is 646 g/mol. The molecule has 2 unspecified atom stereocenters. The SMILES string of the molecule is CCCCCCCCN(CCCCCCCC)CCC(N)Pc1ccc(S(=O)(=O)O)c(S(=O)(=O)O)c1S(=O)(=O)O. The zero-order valence-electron chi connectivity index (χ0n) is 23.6. The zero-order chi connectivity index (χ0) is 30.4. The summed E-state index contributed by atoms with van der Waals surface area (Å²) in [5.41, 5.74) is 6.30. The van der Waals surface area contributed by atoms with Crippen molar-refractivity contribution >= 4 is 44.2 Å². The number of rotatable bonds is 22. The summed E-state index contributed by atoms with van der Waals surface area (Å²) in [6.07, 6.45) is 14.5. The fraction of sp³-hybridized carbons (Fsp3) is 0.760. The number of benzene rings is 1. The Labute approximate surface area is 242 Å². The van der Waals surface area contributed by atoms with Crippen LogP contribution in [0.3, 0.4) is 0 Å². The second-order valence-corrected chi connectivity index (χ2v) is 15.8. The molecule has 5 N–H and O–H groups in total. The highest BCUT2D eigenvalue weighted by Crippen LogP contribution is 2.32. The predicted octanol–water partition coefficient (Wildman–Crippen LogP) is 4.43. The Morgan fingerprint density at radius 1 is 0.675 bits per heavy atom. The minimum atomic E-state index is -5.48. The maximum absolute atomic E-state index is 12.1. The molecular weight excluding hydrogens is 599 g/mol. The molecule has 0 aromatic heterocycles. The van der Waals surface area contributed by atoms with Crippen LogP contribution in [0.15, 0.2) is 26.8 Å². The number of hydrogen-bond donors (Lipinski definition) is 4. The van der Waals surface area contributed by atoms with Crippen LogP contribution >= 0.6 is 8.58 Å². The lowest BCUT2D eigenvalue weighted by Crippen LogP contribution is -2.32. The Balaban J connectivity index is 3.02. The summed E-state index contributed by atoms with van der Waals surface area (Å²) in [4.78, 5) is -1.91. The van der Waals surface area contributed by atoms with Crippen LogP contribution in [0.25, 0.3) is 0 Å². The van der Waals surface area contributed by atoms with Crippen LogP contribution in [0.2, 0.25) is 0 Å². The van der Waals surface area contributed by atoms with E-state index in [9.17, 15) is 38.9 Å². The smallest absolute Gasteiger partial charge is 0.297 e. The Kier molecular flexibility index (Phi) is 16.9. The van der Waals surface area contributed by atoms with Crippen molar-refractivity contribution in [3.05, 3.63) is 12.1 Å². The molecule has 0 aliphatic rings. The van der Waals surface area contributed by atoms with E-state index in [1.54, 1.807) is 0 Å². The maximum Gasteiger partial charge on any atom is 0.297 e. The van der Waals surface area contributed by atoms with Crippen LogP contribution in [-0.4, -0.2) is 69.2 Å². The molecule has 2 atom stereocenters. The molecule has 1 aromatic carbocycles. The number of nitrogens with zero attached hydrogens (tertiary/aromatic N) is 1. The van der Waals surface area contributed by atoms with Crippen LogP contribution in [-0.2, 0) is 30.4 Å². The lowest BCUT2D eigenvalue weighted by atomic mass is 10.1. The van der Waals surface area contributed by atoms with Gasteiger partial charge < -0.3 is 10.6 Å². The summed E-state index contributed by atoms with van der Waals surface area (Å²) < 4.78 is 100. The van der Waals surface area contributed by atoms with Gasteiger partial charge in [-0.15, -0.1) is 0 Å². The number of unbranched alkanes of at least 4 members (excludes halogenated alkanes) is 10. The largest absolute Gasteiger partial charge is 0.324 e. The quantitative estimate of drug-likeness (QED) is 0.0791.